The predicted molar refractivity (Wildman–Crippen MR) is 77.6 cm³/mol. The van der Waals surface area contributed by atoms with Gasteiger partial charge in [0.15, 0.2) is 0 Å². The molecule has 0 saturated heterocycles. The lowest BCUT2D eigenvalue weighted by molar-refractivity contribution is 0.355. The van der Waals surface area contributed by atoms with Crippen LogP contribution in [0.4, 0.5) is 0 Å². The van der Waals surface area contributed by atoms with E-state index in [1.807, 2.05) is 13.2 Å². The van der Waals surface area contributed by atoms with Crippen LogP contribution in [0.15, 0.2) is 36.5 Å². The van der Waals surface area contributed by atoms with Crippen molar-refractivity contribution >= 4 is 10.8 Å². The smallest absolute Gasteiger partial charge is 0.0654 e. The van der Waals surface area contributed by atoms with Crippen molar-refractivity contribution in [3.05, 3.63) is 42.2 Å². The highest BCUT2D eigenvalue weighted by Crippen LogP contribution is 2.30. The third-order valence-electron chi connectivity index (χ3n) is 3.83. The third kappa shape index (κ3) is 2.39. The summed E-state index contributed by atoms with van der Waals surface area (Å²) in [5.74, 6) is 0.633. The van der Waals surface area contributed by atoms with Crippen LogP contribution in [-0.2, 0) is 0 Å². The van der Waals surface area contributed by atoms with Crippen molar-refractivity contribution in [2.75, 3.05) is 7.05 Å². The second-order valence-corrected chi connectivity index (χ2v) is 4.76. The van der Waals surface area contributed by atoms with E-state index >= 15 is 0 Å². The van der Waals surface area contributed by atoms with Crippen LogP contribution in [0, 0.1) is 5.92 Å². The Morgan fingerprint density at radius 1 is 1.11 bits per heavy atom. The third-order valence-corrected chi connectivity index (χ3v) is 3.83. The minimum absolute atomic E-state index is 0.339. The molecule has 18 heavy (non-hydrogen) atoms. The van der Waals surface area contributed by atoms with Crippen molar-refractivity contribution in [1.82, 2.24) is 10.3 Å². The summed E-state index contributed by atoms with van der Waals surface area (Å²) in [4.78, 5) is 4.63. The summed E-state index contributed by atoms with van der Waals surface area (Å²) in [5.41, 5.74) is 1.18. The molecule has 0 saturated carbocycles. The summed E-state index contributed by atoms with van der Waals surface area (Å²) in [6.45, 7) is 4.51. The predicted octanol–water partition coefficient (Wildman–Crippen LogP) is 3.93. The SMILES string of the molecule is CCC(CC)C(NC)c1nccc2ccccc12. The molecule has 1 N–H and O–H groups in total. The Labute approximate surface area is 109 Å². The molecule has 0 spiro atoms. The first-order chi connectivity index (χ1) is 8.81. The molecule has 2 heteroatoms. The van der Waals surface area contributed by atoms with Gasteiger partial charge in [-0.1, -0.05) is 51.0 Å². The van der Waals surface area contributed by atoms with Gasteiger partial charge in [0, 0.05) is 11.6 Å². The second-order valence-electron chi connectivity index (χ2n) is 4.76. The zero-order chi connectivity index (χ0) is 13.0. The fraction of sp³-hybridized carbons (Fsp3) is 0.438. The molecule has 2 aromatic rings. The van der Waals surface area contributed by atoms with Crippen molar-refractivity contribution < 1.29 is 0 Å². The molecule has 0 radical (unpaired) electrons. The fourth-order valence-electron chi connectivity index (χ4n) is 2.75. The van der Waals surface area contributed by atoms with Gasteiger partial charge < -0.3 is 5.32 Å². The van der Waals surface area contributed by atoms with Crippen LogP contribution in [0.5, 0.6) is 0 Å². The normalized spacial score (nSPS) is 13.1. The number of nitrogens with one attached hydrogen (secondary N) is 1. The maximum atomic E-state index is 4.63. The van der Waals surface area contributed by atoms with Crippen LogP contribution in [0.1, 0.15) is 38.4 Å². The van der Waals surface area contributed by atoms with Crippen LogP contribution in [0.2, 0.25) is 0 Å². The number of nitrogens with zero attached hydrogens (tertiary/aromatic N) is 1. The fourth-order valence-corrected chi connectivity index (χ4v) is 2.75. The quantitative estimate of drug-likeness (QED) is 0.859. The summed E-state index contributed by atoms with van der Waals surface area (Å²) < 4.78 is 0. The van der Waals surface area contributed by atoms with Gasteiger partial charge in [-0.05, 0) is 24.4 Å². The highest BCUT2D eigenvalue weighted by atomic mass is 14.9. The Morgan fingerprint density at radius 3 is 2.50 bits per heavy atom. The zero-order valence-electron chi connectivity index (χ0n) is 11.5. The van der Waals surface area contributed by atoms with E-state index in [9.17, 15) is 0 Å². The van der Waals surface area contributed by atoms with Gasteiger partial charge in [0.2, 0.25) is 0 Å². The molecule has 0 fully saturated rings. The van der Waals surface area contributed by atoms with Gasteiger partial charge in [-0.25, -0.2) is 0 Å². The maximum absolute atomic E-state index is 4.63. The summed E-state index contributed by atoms with van der Waals surface area (Å²) >= 11 is 0. The number of pyridine rings is 1. The van der Waals surface area contributed by atoms with Crippen LogP contribution in [-0.4, -0.2) is 12.0 Å². The molecule has 2 nitrogen and oxygen atoms in total. The van der Waals surface area contributed by atoms with E-state index in [2.05, 4.69) is 54.5 Å². The standard InChI is InChI=1S/C16H22N2/c1-4-12(5-2)15(17-3)16-14-9-7-6-8-13(14)10-11-18-16/h6-12,15,17H,4-5H2,1-3H3. The number of rotatable bonds is 5. The Morgan fingerprint density at radius 2 is 1.83 bits per heavy atom. The molecule has 0 aliphatic rings. The molecule has 1 atom stereocenters. The van der Waals surface area contributed by atoms with E-state index in [1.54, 1.807) is 0 Å². The summed E-state index contributed by atoms with van der Waals surface area (Å²) in [5, 5.41) is 5.99. The summed E-state index contributed by atoms with van der Waals surface area (Å²) in [6.07, 6.45) is 4.27. The summed E-state index contributed by atoms with van der Waals surface area (Å²) in [6, 6.07) is 10.9. The second kappa shape index (κ2) is 5.96. The monoisotopic (exact) mass is 242 g/mol. The van der Waals surface area contributed by atoms with Crippen molar-refractivity contribution in [2.45, 2.75) is 32.7 Å². The Hall–Kier alpha value is -1.41. The van der Waals surface area contributed by atoms with Gasteiger partial charge in [-0.3, -0.25) is 4.98 Å². The van der Waals surface area contributed by atoms with E-state index in [4.69, 9.17) is 0 Å². The molecule has 0 aliphatic heterocycles. The molecule has 1 unspecified atom stereocenters. The topological polar surface area (TPSA) is 24.9 Å². The van der Waals surface area contributed by atoms with Crippen molar-refractivity contribution in [1.29, 1.82) is 0 Å². The lowest BCUT2D eigenvalue weighted by Gasteiger charge is -2.25. The molecule has 2 rings (SSSR count). The molecular weight excluding hydrogens is 220 g/mol. The first-order valence-corrected chi connectivity index (χ1v) is 6.82. The van der Waals surface area contributed by atoms with Gasteiger partial charge in [-0.2, -0.15) is 0 Å². The minimum atomic E-state index is 0.339. The Bertz CT molecular complexity index is 498. The molecular formula is C16H22N2. The first kappa shape index (κ1) is 13.0. The highest BCUT2D eigenvalue weighted by molar-refractivity contribution is 5.84. The number of aromatic nitrogens is 1. The molecule has 0 bridgehead atoms. The molecule has 0 amide bonds. The number of benzene rings is 1. The van der Waals surface area contributed by atoms with Crippen LogP contribution in [0.3, 0.4) is 0 Å². The molecule has 0 aliphatic carbocycles. The number of hydrogen-bond donors (Lipinski definition) is 1. The van der Waals surface area contributed by atoms with E-state index in [0.29, 0.717) is 12.0 Å². The Kier molecular flexibility index (Phi) is 4.32. The van der Waals surface area contributed by atoms with Crippen molar-refractivity contribution in [3.8, 4) is 0 Å². The van der Waals surface area contributed by atoms with Gasteiger partial charge >= 0.3 is 0 Å². The van der Waals surface area contributed by atoms with Crippen molar-refractivity contribution in [2.24, 2.45) is 5.92 Å². The van der Waals surface area contributed by atoms with E-state index in [-0.39, 0.29) is 0 Å². The highest BCUT2D eigenvalue weighted by Gasteiger charge is 2.21. The molecule has 1 heterocycles. The van der Waals surface area contributed by atoms with Crippen LogP contribution >= 0.6 is 0 Å². The number of fused-ring (bicyclic) bond motifs is 1. The lowest BCUT2D eigenvalue weighted by Crippen LogP contribution is -2.25. The molecule has 1 aromatic heterocycles. The summed E-state index contributed by atoms with van der Waals surface area (Å²) in [7, 11) is 2.03. The zero-order valence-corrected chi connectivity index (χ0v) is 11.5. The van der Waals surface area contributed by atoms with Crippen LogP contribution in [0.25, 0.3) is 10.8 Å². The maximum Gasteiger partial charge on any atom is 0.0654 e. The number of hydrogen-bond acceptors (Lipinski definition) is 2. The van der Waals surface area contributed by atoms with E-state index in [1.165, 1.54) is 29.3 Å². The first-order valence-electron chi connectivity index (χ1n) is 6.82. The van der Waals surface area contributed by atoms with E-state index < -0.39 is 0 Å². The van der Waals surface area contributed by atoms with Gasteiger partial charge in [0.05, 0.1) is 11.7 Å². The minimum Gasteiger partial charge on any atom is -0.311 e. The lowest BCUT2D eigenvalue weighted by atomic mass is 9.89. The van der Waals surface area contributed by atoms with Crippen LogP contribution < -0.4 is 5.32 Å². The Balaban J connectivity index is 2.51. The van der Waals surface area contributed by atoms with Gasteiger partial charge in [-0.15, -0.1) is 0 Å². The van der Waals surface area contributed by atoms with Gasteiger partial charge in [0.1, 0.15) is 0 Å². The van der Waals surface area contributed by atoms with E-state index in [0.717, 1.165) is 0 Å². The largest absolute Gasteiger partial charge is 0.311 e. The molecule has 96 valence electrons. The average molecular weight is 242 g/mol. The van der Waals surface area contributed by atoms with Gasteiger partial charge in [0.25, 0.3) is 0 Å². The average Bonchev–Trinajstić information content (AvgIpc) is 2.44. The van der Waals surface area contributed by atoms with Crippen molar-refractivity contribution in [3.63, 3.8) is 0 Å². The molecule has 1 aromatic carbocycles.